The van der Waals surface area contributed by atoms with Crippen LogP contribution in [0.2, 0.25) is 0 Å². The van der Waals surface area contributed by atoms with E-state index < -0.39 is 0 Å². The van der Waals surface area contributed by atoms with E-state index in [1.165, 1.54) is 5.56 Å². The van der Waals surface area contributed by atoms with E-state index in [-0.39, 0.29) is 17.6 Å². The maximum absolute atomic E-state index is 12.6. The van der Waals surface area contributed by atoms with Crippen molar-refractivity contribution >= 4 is 5.91 Å². The second kappa shape index (κ2) is 6.31. The largest absolute Gasteiger partial charge is 0.487 e. The van der Waals surface area contributed by atoms with Gasteiger partial charge in [0.1, 0.15) is 11.4 Å². The third-order valence-electron chi connectivity index (χ3n) is 4.57. The van der Waals surface area contributed by atoms with Crippen LogP contribution in [0.4, 0.5) is 0 Å². The molecule has 1 heterocycles. The molecule has 3 rings (SSSR count). The highest BCUT2D eigenvalue weighted by molar-refractivity contribution is 5.79. The number of aryl methyl sites for hydroxylation is 2. The predicted octanol–water partition coefficient (Wildman–Crippen LogP) is 4.26. The van der Waals surface area contributed by atoms with E-state index in [2.05, 4.69) is 51.2 Å². The molecule has 0 saturated carbocycles. The molecule has 1 aliphatic heterocycles. The molecule has 0 aromatic heterocycles. The Kier molecular flexibility index (Phi) is 4.35. The summed E-state index contributed by atoms with van der Waals surface area (Å²) in [5.74, 6) is 0.923. The zero-order valence-electron chi connectivity index (χ0n) is 14.8. The summed E-state index contributed by atoms with van der Waals surface area (Å²) in [5, 5.41) is 3.21. The maximum atomic E-state index is 12.6. The summed E-state index contributed by atoms with van der Waals surface area (Å²) in [7, 11) is 0. The number of fused-ring (bicyclic) bond motifs is 1. The molecule has 1 aliphatic rings. The number of carbonyl (C=O) groups excluding carboxylic acids is 1. The lowest BCUT2D eigenvalue weighted by Crippen LogP contribution is -2.41. The van der Waals surface area contributed by atoms with Crippen molar-refractivity contribution in [3.63, 3.8) is 0 Å². The summed E-state index contributed by atoms with van der Waals surface area (Å²) in [6.07, 6.45) is 1.18. The molecular weight excluding hydrogens is 298 g/mol. The molecule has 1 N–H and O–H groups in total. The topological polar surface area (TPSA) is 38.3 Å². The van der Waals surface area contributed by atoms with Crippen LogP contribution >= 0.6 is 0 Å². The molecule has 1 unspecified atom stereocenters. The molecule has 126 valence electrons. The van der Waals surface area contributed by atoms with Gasteiger partial charge in [0, 0.05) is 12.0 Å². The van der Waals surface area contributed by atoms with Gasteiger partial charge in [-0.2, -0.15) is 0 Å². The van der Waals surface area contributed by atoms with Gasteiger partial charge in [-0.1, -0.05) is 42.0 Å². The molecule has 3 nitrogen and oxygen atoms in total. The number of rotatable bonds is 3. The van der Waals surface area contributed by atoms with Gasteiger partial charge in [0.05, 0.1) is 12.5 Å². The van der Waals surface area contributed by atoms with Gasteiger partial charge >= 0.3 is 0 Å². The summed E-state index contributed by atoms with van der Waals surface area (Å²) < 4.78 is 6.03. The van der Waals surface area contributed by atoms with E-state index in [4.69, 9.17) is 4.74 Å². The molecule has 0 spiro atoms. The molecule has 0 aliphatic carbocycles. The fourth-order valence-electron chi connectivity index (χ4n) is 3.34. The molecule has 2 aromatic carbocycles. The van der Waals surface area contributed by atoms with Crippen molar-refractivity contribution in [3.05, 3.63) is 64.7 Å². The van der Waals surface area contributed by atoms with Gasteiger partial charge in [0.25, 0.3) is 0 Å². The van der Waals surface area contributed by atoms with Crippen LogP contribution in [0.5, 0.6) is 5.75 Å². The average molecular weight is 323 g/mol. The smallest absolute Gasteiger partial charge is 0.224 e. The minimum Gasteiger partial charge on any atom is -0.487 e. The van der Waals surface area contributed by atoms with E-state index in [1.807, 2.05) is 24.3 Å². The maximum Gasteiger partial charge on any atom is 0.224 e. The number of hydrogen-bond acceptors (Lipinski definition) is 2. The fourth-order valence-corrected chi connectivity index (χ4v) is 3.34. The number of hydrogen-bond donors (Lipinski definition) is 1. The highest BCUT2D eigenvalue weighted by Crippen LogP contribution is 2.39. The molecule has 0 saturated heterocycles. The monoisotopic (exact) mass is 323 g/mol. The Morgan fingerprint density at radius 1 is 1.21 bits per heavy atom. The Bertz CT molecular complexity index is 764. The van der Waals surface area contributed by atoms with Crippen molar-refractivity contribution in [1.82, 2.24) is 5.32 Å². The first-order valence-corrected chi connectivity index (χ1v) is 8.47. The Morgan fingerprint density at radius 2 is 1.96 bits per heavy atom. The first-order valence-electron chi connectivity index (χ1n) is 8.47. The first kappa shape index (κ1) is 16.6. The fraction of sp³-hybridized carbons (Fsp3) is 0.381. The number of amides is 1. The van der Waals surface area contributed by atoms with Crippen LogP contribution in [0.3, 0.4) is 0 Å². The minimum absolute atomic E-state index is 0.0115. The number of ether oxygens (including phenoxy) is 1. The SMILES string of the molecule is Cc1ccc(C)c(CC(=O)NC2CC(C)(C)Oc3ccccc32)c1. The summed E-state index contributed by atoms with van der Waals surface area (Å²) >= 11 is 0. The number of nitrogens with one attached hydrogen (secondary N) is 1. The standard InChI is InChI=1S/C21H25NO2/c1-14-9-10-15(2)16(11-14)12-20(23)22-18-13-21(3,4)24-19-8-6-5-7-17(18)19/h5-11,18H,12-13H2,1-4H3,(H,22,23). The molecule has 3 heteroatoms. The van der Waals surface area contributed by atoms with Crippen LogP contribution in [0.25, 0.3) is 0 Å². The molecule has 0 fully saturated rings. The van der Waals surface area contributed by atoms with E-state index in [0.717, 1.165) is 28.9 Å². The van der Waals surface area contributed by atoms with Gasteiger partial charge in [-0.25, -0.2) is 0 Å². The molecule has 0 bridgehead atoms. The lowest BCUT2D eigenvalue weighted by molar-refractivity contribution is -0.121. The Labute approximate surface area is 144 Å². The number of para-hydroxylation sites is 1. The van der Waals surface area contributed by atoms with Gasteiger partial charge in [0.2, 0.25) is 5.91 Å². The van der Waals surface area contributed by atoms with Crippen molar-refractivity contribution in [2.45, 2.75) is 52.2 Å². The Balaban J connectivity index is 1.78. The van der Waals surface area contributed by atoms with Crippen LogP contribution in [0.15, 0.2) is 42.5 Å². The molecule has 1 atom stereocenters. The summed E-state index contributed by atoms with van der Waals surface area (Å²) in [6, 6.07) is 14.2. The normalized spacial score (nSPS) is 18.4. The van der Waals surface area contributed by atoms with Crippen molar-refractivity contribution in [2.75, 3.05) is 0 Å². The highest BCUT2D eigenvalue weighted by atomic mass is 16.5. The van der Waals surface area contributed by atoms with Gasteiger partial charge in [-0.3, -0.25) is 4.79 Å². The molecular formula is C21H25NO2. The van der Waals surface area contributed by atoms with Crippen LogP contribution in [-0.2, 0) is 11.2 Å². The highest BCUT2D eigenvalue weighted by Gasteiger charge is 2.34. The number of carbonyl (C=O) groups is 1. The van der Waals surface area contributed by atoms with Crippen LogP contribution in [-0.4, -0.2) is 11.5 Å². The van der Waals surface area contributed by atoms with Gasteiger partial charge in [-0.05, 0) is 44.9 Å². The lowest BCUT2D eigenvalue weighted by atomic mass is 9.89. The van der Waals surface area contributed by atoms with Gasteiger partial charge < -0.3 is 10.1 Å². The van der Waals surface area contributed by atoms with Crippen molar-refractivity contribution < 1.29 is 9.53 Å². The van der Waals surface area contributed by atoms with Crippen molar-refractivity contribution in [2.24, 2.45) is 0 Å². The summed E-state index contributed by atoms with van der Waals surface area (Å²) in [4.78, 5) is 12.6. The Hall–Kier alpha value is -2.29. The van der Waals surface area contributed by atoms with Crippen molar-refractivity contribution in [3.8, 4) is 5.75 Å². The second-order valence-corrected chi connectivity index (χ2v) is 7.33. The van der Waals surface area contributed by atoms with Crippen molar-refractivity contribution in [1.29, 1.82) is 0 Å². The average Bonchev–Trinajstić information content (AvgIpc) is 2.50. The van der Waals surface area contributed by atoms with Crippen LogP contribution in [0, 0.1) is 13.8 Å². The lowest BCUT2D eigenvalue weighted by Gasteiger charge is -2.37. The Morgan fingerprint density at radius 3 is 2.75 bits per heavy atom. The molecule has 1 amide bonds. The van der Waals surface area contributed by atoms with Crippen LogP contribution < -0.4 is 10.1 Å². The zero-order chi connectivity index (χ0) is 17.3. The predicted molar refractivity (Wildman–Crippen MR) is 96.3 cm³/mol. The minimum atomic E-state index is -0.286. The zero-order valence-corrected chi connectivity index (χ0v) is 14.8. The molecule has 2 aromatic rings. The van der Waals surface area contributed by atoms with E-state index >= 15 is 0 Å². The molecule has 0 radical (unpaired) electrons. The van der Waals surface area contributed by atoms with E-state index in [1.54, 1.807) is 0 Å². The second-order valence-electron chi connectivity index (χ2n) is 7.33. The van der Waals surface area contributed by atoms with E-state index in [0.29, 0.717) is 6.42 Å². The summed E-state index contributed by atoms with van der Waals surface area (Å²) in [6.45, 7) is 8.23. The van der Waals surface area contributed by atoms with Gasteiger partial charge in [-0.15, -0.1) is 0 Å². The summed E-state index contributed by atoms with van der Waals surface area (Å²) in [5.41, 5.74) is 4.20. The van der Waals surface area contributed by atoms with Crippen LogP contribution in [0.1, 0.15) is 48.6 Å². The third kappa shape index (κ3) is 3.61. The number of benzene rings is 2. The third-order valence-corrected chi connectivity index (χ3v) is 4.57. The quantitative estimate of drug-likeness (QED) is 0.916. The van der Waals surface area contributed by atoms with Gasteiger partial charge in [0.15, 0.2) is 0 Å². The first-order chi connectivity index (χ1) is 11.3. The van der Waals surface area contributed by atoms with E-state index in [9.17, 15) is 4.79 Å². The molecule has 24 heavy (non-hydrogen) atoms.